The number of benzene rings is 1. The van der Waals surface area contributed by atoms with Crippen molar-refractivity contribution in [3.8, 4) is 0 Å². The number of nitrogens with one attached hydrogen (secondary N) is 1. The third-order valence-electron chi connectivity index (χ3n) is 2.50. The Morgan fingerprint density at radius 2 is 2.18 bits per heavy atom. The van der Waals surface area contributed by atoms with E-state index in [0.29, 0.717) is 18.6 Å². The summed E-state index contributed by atoms with van der Waals surface area (Å²) in [5.41, 5.74) is 1.49. The van der Waals surface area contributed by atoms with Crippen molar-refractivity contribution < 1.29 is 14.6 Å². The monoisotopic (exact) mass is 237 g/mol. The van der Waals surface area contributed by atoms with Gasteiger partial charge in [-0.3, -0.25) is 4.79 Å². The molecule has 0 aromatic heterocycles. The molecule has 0 saturated heterocycles. The minimum Gasteiger partial charge on any atom is -0.396 e. The quantitative estimate of drug-likeness (QED) is 0.784. The van der Waals surface area contributed by atoms with Gasteiger partial charge in [0.2, 0.25) is 0 Å². The summed E-state index contributed by atoms with van der Waals surface area (Å²) in [7, 11) is 1.60. The van der Waals surface area contributed by atoms with Gasteiger partial charge in [-0.25, -0.2) is 0 Å². The second-order valence-corrected chi connectivity index (χ2v) is 3.98. The molecular weight excluding hydrogens is 218 g/mol. The van der Waals surface area contributed by atoms with Crippen LogP contribution in [0.4, 0.5) is 0 Å². The molecule has 4 nitrogen and oxygen atoms in total. The van der Waals surface area contributed by atoms with Crippen LogP contribution in [-0.2, 0) is 11.3 Å². The summed E-state index contributed by atoms with van der Waals surface area (Å²) in [6.45, 7) is 2.35. The van der Waals surface area contributed by atoms with E-state index in [9.17, 15) is 4.79 Å². The summed E-state index contributed by atoms with van der Waals surface area (Å²) in [6, 6.07) is 7.31. The highest BCUT2D eigenvalue weighted by atomic mass is 16.5. The van der Waals surface area contributed by atoms with Crippen molar-refractivity contribution in [3.05, 3.63) is 35.4 Å². The van der Waals surface area contributed by atoms with E-state index >= 15 is 0 Å². The highest BCUT2D eigenvalue weighted by Crippen LogP contribution is 2.10. The third kappa shape index (κ3) is 4.17. The molecule has 1 unspecified atom stereocenters. The molecule has 0 fully saturated rings. The van der Waals surface area contributed by atoms with E-state index in [1.165, 1.54) is 0 Å². The van der Waals surface area contributed by atoms with Crippen LogP contribution in [0, 0.1) is 0 Å². The Kier molecular flexibility index (Phi) is 5.66. The molecule has 1 rings (SSSR count). The number of hydrogen-bond donors (Lipinski definition) is 2. The lowest BCUT2D eigenvalue weighted by atomic mass is 10.1. The van der Waals surface area contributed by atoms with Crippen molar-refractivity contribution in [1.29, 1.82) is 0 Å². The van der Waals surface area contributed by atoms with E-state index in [1.807, 2.05) is 25.1 Å². The van der Waals surface area contributed by atoms with Crippen molar-refractivity contribution in [2.24, 2.45) is 0 Å². The first-order valence-electron chi connectivity index (χ1n) is 5.67. The second kappa shape index (κ2) is 7.04. The van der Waals surface area contributed by atoms with Crippen LogP contribution in [0.15, 0.2) is 24.3 Å². The Morgan fingerprint density at radius 1 is 1.47 bits per heavy atom. The third-order valence-corrected chi connectivity index (χ3v) is 2.50. The number of carbonyl (C=O) groups is 1. The lowest BCUT2D eigenvalue weighted by Gasteiger charge is -2.14. The number of aliphatic hydroxyl groups excluding tert-OH is 1. The van der Waals surface area contributed by atoms with Crippen LogP contribution in [0.25, 0.3) is 0 Å². The van der Waals surface area contributed by atoms with Gasteiger partial charge in [0.1, 0.15) is 0 Å². The second-order valence-electron chi connectivity index (χ2n) is 3.98. The van der Waals surface area contributed by atoms with E-state index in [4.69, 9.17) is 9.84 Å². The molecule has 0 spiro atoms. The fourth-order valence-electron chi connectivity index (χ4n) is 1.59. The number of hydrogen-bond acceptors (Lipinski definition) is 3. The topological polar surface area (TPSA) is 58.6 Å². The van der Waals surface area contributed by atoms with Crippen LogP contribution in [0.5, 0.6) is 0 Å². The Morgan fingerprint density at radius 3 is 2.82 bits per heavy atom. The molecule has 0 heterocycles. The Balaban J connectivity index is 2.74. The lowest BCUT2D eigenvalue weighted by Crippen LogP contribution is -2.33. The van der Waals surface area contributed by atoms with Crippen molar-refractivity contribution in [3.63, 3.8) is 0 Å². The zero-order valence-corrected chi connectivity index (χ0v) is 10.3. The molecular formula is C13H19NO3. The van der Waals surface area contributed by atoms with Gasteiger partial charge in [0.25, 0.3) is 5.91 Å². The van der Waals surface area contributed by atoms with Crippen LogP contribution in [0.1, 0.15) is 29.3 Å². The van der Waals surface area contributed by atoms with Crippen molar-refractivity contribution >= 4 is 5.91 Å². The molecule has 17 heavy (non-hydrogen) atoms. The van der Waals surface area contributed by atoms with Crippen molar-refractivity contribution in [2.75, 3.05) is 13.7 Å². The number of ether oxygens (including phenoxy) is 1. The van der Waals surface area contributed by atoms with Crippen LogP contribution in [-0.4, -0.2) is 30.8 Å². The zero-order valence-electron chi connectivity index (χ0n) is 10.3. The number of carbonyl (C=O) groups excluding carboxylic acids is 1. The van der Waals surface area contributed by atoms with E-state index in [1.54, 1.807) is 13.2 Å². The van der Waals surface area contributed by atoms with Crippen LogP contribution in [0.3, 0.4) is 0 Å². The molecule has 0 aliphatic carbocycles. The first kappa shape index (κ1) is 13.7. The standard InChI is InChI=1S/C13H19NO3/c1-10(7-8-15)14-13(16)12-6-4-3-5-11(12)9-17-2/h3-6,10,15H,7-9H2,1-2H3,(H,14,16). The van der Waals surface area contributed by atoms with Crippen molar-refractivity contribution in [1.82, 2.24) is 5.32 Å². The average molecular weight is 237 g/mol. The summed E-state index contributed by atoms with van der Waals surface area (Å²) in [5.74, 6) is -0.126. The summed E-state index contributed by atoms with van der Waals surface area (Å²) < 4.78 is 5.05. The SMILES string of the molecule is COCc1ccccc1C(=O)NC(C)CCO. The van der Waals surface area contributed by atoms with Gasteiger partial charge in [-0.15, -0.1) is 0 Å². The van der Waals surface area contributed by atoms with Gasteiger partial charge in [-0.2, -0.15) is 0 Å². The molecule has 2 N–H and O–H groups in total. The van der Waals surface area contributed by atoms with Gasteiger partial charge in [-0.1, -0.05) is 18.2 Å². The number of methoxy groups -OCH3 is 1. The molecule has 1 amide bonds. The number of rotatable bonds is 6. The number of amides is 1. The lowest BCUT2D eigenvalue weighted by molar-refractivity contribution is 0.0929. The van der Waals surface area contributed by atoms with E-state index in [0.717, 1.165) is 5.56 Å². The van der Waals surface area contributed by atoms with Crippen molar-refractivity contribution in [2.45, 2.75) is 26.0 Å². The van der Waals surface area contributed by atoms with Gasteiger partial charge in [0.15, 0.2) is 0 Å². The summed E-state index contributed by atoms with van der Waals surface area (Å²) in [5, 5.41) is 11.6. The van der Waals surface area contributed by atoms with Gasteiger partial charge >= 0.3 is 0 Å². The molecule has 0 saturated carbocycles. The molecule has 4 heteroatoms. The molecule has 0 bridgehead atoms. The Labute approximate surface area is 102 Å². The highest BCUT2D eigenvalue weighted by Gasteiger charge is 2.12. The molecule has 1 atom stereocenters. The molecule has 0 aliphatic heterocycles. The molecule has 1 aromatic rings. The molecule has 0 radical (unpaired) electrons. The Hall–Kier alpha value is -1.39. The molecule has 1 aromatic carbocycles. The minimum absolute atomic E-state index is 0.0388. The van der Waals surface area contributed by atoms with Gasteiger partial charge < -0.3 is 15.2 Å². The van der Waals surface area contributed by atoms with E-state index in [-0.39, 0.29) is 18.6 Å². The van der Waals surface area contributed by atoms with Gasteiger partial charge in [0.05, 0.1) is 6.61 Å². The fraction of sp³-hybridized carbons (Fsp3) is 0.462. The van der Waals surface area contributed by atoms with Gasteiger partial charge in [0, 0.05) is 25.3 Å². The maximum Gasteiger partial charge on any atom is 0.251 e. The van der Waals surface area contributed by atoms with Gasteiger partial charge in [-0.05, 0) is 25.0 Å². The first-order valence-corrected chi connectivity index (χ1v) is 5.67. The van der Waals surface area contributed by atoms with E-state index < -0.39 is 0 Å². The fourth-order valence-corrected chi connectivity index (χ4v) is 1.59. The maximum absolute atomic E-state index is 12.0. The first-order chi connectivity index (χ1) is 8.19. The van der Waals surface area contributed by atoms with Crippen LogP contribution in [0.2, 0.25) is 0 Å². The smallest absolute Gasteiger partial charge is 0.251 e. The largest absolute Gasteiger partial charge is 0.396 e. The highest BCUT2D eigenvalue weighted by molar-refractivity contribution is 5.95. The van der Waals surface area contributed by atoms with E-state index in [2.05, 4.69) is 5.32 Å². The Bertz CT molecular complexity index is 365. The average Bonchev–Trinajstić information content (AvgIpc) is 2.30. The minimum atomic E-state index is -0.126. The number of aliphatic hydroxyl groups is 1. The van der Waals surface area contributed by atoms with Crippen LogP contribution < -0.4 is 5.32 Å². The predicted octanol–water partition coefficient (Wildman–Crippen LogP) is 1.33. The zero-order chi connectivity index (χ0) is 12.7. The summed E-state index contributed by atoms with van der Waals surface area (Å²) >= 11 is 0. The predicted molar refractivity (Wildman–Crippen MR) is 65.8 cm³/mol. The van der Waals surface area contributed by atoms with Crippen LogP contribution >= 0.6 is 0 Å². The summed E-state index contributed by atoms with van der Waals surface area (Å²) in [4.78, 5) is 12.0. The summed E-state index contributed by atoms with van der Waals surface area (Å²) in [6.07, 6.45) is 0.554. The molecule has 0 aliphatic rings. The normalized spacial score (nSPS) is 12.2. The molecule has 94 valence electrons. The maximum atomic E-state index is 12.0.